The van der Waals surface area contributed by atoms with Gasteiger partial charge in [-0.25, -0.2) is 4.79 Å². The number of hydrogen-bond donors (Lipinski definition) is 3. The van der Waals surface area contributed by atoms with Crippen LogP contribution in [0.25, 0.3) is 0 Å². The molecule has 0 rings (SSSR count). The molecule has 17 heavy (non-hydrogen) atoms. The zero-order chi connectivity index (χ0) is 13.5. The number of ether oxygens (including phenoxy) is 1. The number of carbonyl (C=O) groups is 2. The average Bonchev–Trinajstić information content (AvgIpc) is 2.35. The molecule has 100 valence electrons. The highest BCUT2D eigenvalue weighted by molar-refractivity contribution is 5.96. The van der Waals surface area contributed by atoms with E-state index >= 15 is 0 Å². The Hall–Kier alpha value is -1.14. The monoisotopic (exact) mass is 245 g/mol. The summed E-state index contributed by atoms with van der Waals surface area (Å²) in [7, 11) is 1.44. The molecule has 0 aromatic rings. The molecule has 0 aliphatic rings. The van der Waals surface area contributed by atoms with Gasteiger partial charge in [0.25, 0.3) is 5.91 Å². The van der Waals surface area contributed by atoms with Gasteiger partial charge in [-0.3, -0.25) is 10.1 Å². The number of urea groups is 1. The molecule has 0 aromatic heterocycles. The van der Waals surface area contributed by atoms with Crippen LogP contribution < -0.4 is 16.4 Å². The Labute approximate surface area is 102 Å². The van der Waals surface area contributed by atoms with Gasteiger partial charge < -0.3 is 15.8 Å². The number of rotatable bonds is 6. The second-order valence-electron chi connectivity index (χ2n) is 3.92. The summed E-state index contributed by atoms with van der Waals surface area (Å²) in [5.74, 6) is -0.468. The van der Waals surface area contributed by atoms with Crippen LogP contribution in [0.3, 0.4) is 0 Å². The number of imide groups is 1. The van der Waals surface area contributed by atoms with Gasteiger partial charge >= 0.3 is 6.03 Å². The molecule has 0 saturated carbocycles. The Bertz CT molecular complexity index is 256. The van der Waals surface area contributed by atoms with Gasteiger partial charge in [0.1, 0.15) is 6.10 Å². The lowest BCUT2D eigenvalue weighted by Crippen LogP contribution is -2.48. The summed E-state index contributed by atoms with van der Waals surface area (Å²) in [5.41, 5.74) is 5.17. The minimum Gasteiger partial charge on any atom is -0.361 e. The van der Waals surface area contributed by atoms with Gasteiger partial charge in [0.05, 0.1) is 5.60 Å². The van der Waals surface area contributed by atoms with E-state index in [1.807, 2.05) is 13.8 Å². The Balaban J connectivity index is 4.45. The zero-order valence-corrected chi connectivity index (χ0v) is 11.0. The van der Waals surface area contributed by atoms with Crippen LogP contribution in [0.4, 0.5) is 4.79 Å². The molecular formula is C11H23N3O3. The summed E-state index contributed by atoms with van der Waals surface area (Å²) in [6, 6.07) is -0.545. The largest absolute Gasteiger partial charge is 0.361 e. The number of amides is 3. The molecule has 0 aliphatic carbocycles. The third kappa shape index (κ3) is 4.70. The third-order valence-electron chi connectivity index (χ3n) is 2.92. The molecule has 4 N–H and O–H groups in total. The van der Waals surface area contributed by atoms with Crippen molar-refractivity contribution in [2.24, 2.45) is 5.73 Å². The second-order valence-corrected chi connectivity index (χ2v) is 3.92. The maximum atomic E-state index is 11.6. The van der Waals surface area contributed by atoms with Crippen LogP contribution in [-0.4, -0.2) is 37.2 Å². The highest BCUT2D eigenvalue weighted by Gasteiger charge is 2.30. The van der Waals surface area contributed by atoms with Crippen molar-refractivity contribution in [3.05, 3.63) is 0 Å². The maximum absolute atomic E-state index is 11.6. The molecule has 3 amide bonds. The number of hydrogen-bond acceptors (Lipinski definition) is 4. The first kappa shape index (κ1) is 15.9. The van der Waals surface area contributed by atoms with Crippen LogP contribution in [-0.2, 0) is 9.53 Å². The lowest BCUT2D eigenvalue weighted by atomic mass is 9.97. The fraction of sp³-hybridized carbons (Fsp3) is 0.818. The summed E-state index contributed by atoms with van der Waals surface area (Å²) >= 11 is 0. The van der Waals surface area contributed by atoms with E-state index < -0.39 is 23.6 Å². The van der Waals surface area contributed by atoms with Gasteiger partial charge in [0.2, 0.25) is 0 Å². The second kappa shape index (κ2) is 7.24. The first-order chi connectivity index (χ1) is 7.94. The number of nitrogens with two attached hydrogens (primary N) is 1. The van der Waals surface area contributed by atoms with Crippen LogP contribution in [0, 0.1) is 0 Å². The van der Waals surface area contributed by atoms with Crippen LogP contribution in [0.1, 0.15) is 33.6 Å². The van der Waals surface area contributed by atoms with E-state index in [1.165, 1.54) is 7.05 Å². The van der Waals surface area contributed by atoms with E-state index in [0.717, 1.165) is 12.8 Å². The Morgan fingerprint density at radius 1 is 1.35 bits per heavy atom. The molecule has 1 atom stereocenters. The van der Waals surface area contributed by atoms with Gasteiger partial charge in [0, 0.05) is 13.6 Å². The van der Waals surface area contributed by atoms with Crippen molar-refractivity contribution in [1.82, 2.24) is 10.6 Å². The topological polar surface area (TPSA) is 93.4 Å². The van der Waals surface area contributed by atoms with Crippen molar-refractivity contribution >= 4 is 11.9 Å². The molecule has 0 aromatic carbocycles. The minimum absolute atomic E-state index is 0.345. The smallest absolute Gasteiger partial charge is 0.321 e. The van der Waals surface area contributed by atoms with Crippen LogP contribution >= 0.6 is 0 Å². The molecule has 0 spiro atoms. The van der Waals surface area contributed by atoms with Crippen molar-refractivity contribution in [2.75, 3.05) is 13.6 Å². The van der Waals surface area contributed by atoms with E-state index in [9.17, 15) is 9.59 Å². The molecule has 0 saturated heterocycles. The van der Waals surface area contributed by atoms with Crippen LogP contribution in [0.2, 0.25) is 0 Å². The van der Waals surface area contributed by atoms with Gasteiger partial charge in [0.15, 0.2) is 0 Å². The van der Waals surface area contributed by atoms with Gasteiger partial charge in [-0.2, -0.15) is 0 Å². The van der Waals surface area contributed by atoms with Crippen molar-refractivity contribution in [1.29, 1.82) is 0 Å². The number of nitrogens with one attached hydrogen (secondary N) is 2. The molecule has 0 bridgehead atoms. The average molecular weight is 245 g/mol. The third-order valence-corrected chi connectivity index (χ3v) is 2.92. The molecule has 6 heteroatoms. The molecule has 0 radical (unpaired) electrons. The van der Waals surface area contributed by atoms with Crippen LogP contribution in [0.15, 0.2) is 0 Å². The minimum atomic E-state index is -0.712. The highest BCUT2D eigenvalue weighted by Crippen LogP contribution is 2.21. The van der Waals surface area contributed by atoms with Crippen molar-refractivity contribution < 1.29 is 14.3 Å². The fourth-order valence-electron chi connectivity index (χ4n) is 1.46. The summed E-state index contributed by atoms with van der Waals surface area (Å²) in [4.78, 5) is 22.6. The first-order valence-electron chi connectivity index (χ1n) is 5.85. The van der Waals surface area contributed by atoms with E-state index in [4.69, 9.17) is 10.5 Å². The summed E-state index contributed by atoms with van der Waals surface area (Å²) in [6.07, 6.45) is 0.727. The normalized spacial score (nSPS) is 13.0. The molecular weight excluding hydrogens is 222 g/mol. The molecule has 1 unspecified atom stereocenters. The predicted octanol–water partition coefficient (Wildman–Crippen LogP) is 0.365. The summed E-state index contributed by atoms with van der Waals surface area (Å²) in [6.45, 7) is 5.87. The number of carbonyl (C=O) groups excluding carboxylic acids is 2. The maximum Gasteiger partial charge on any atom is 0.321 e. The van der Waals surface area contributed by atoms with Gasteiger partial charge in [-0.1, -0.05) is 13.8 Å². The lowest BCUT2D eigenvalue weighted by Gasteiger charge is -2.33. The quantitative estimate of drug-likeness (QED) is 0.630. The SMILES string of the molecule is CCC(CC)(CN)OC(C)C(=O)NC(=O)NC. The highest BCUT2D eigenvalue weighted by atomic mass is 16.5. The first-order valence-corrected chi connectivity index (χ1v) is 5.85. The molecule has 0 fully saturated rings. The van der Waals surface area contributed by atoms with E-state index in [2.05, 4.69) is 10.6 Å². The van der Waals surface area contributed by atoms with Crippen molar-refractivity contribution in [2.45, 2.75) is 45.3 Å². The molecule has 6 nitrogen and oxygen atoms in total. The van der Waals surface area contributed by atoms with Crippen molar-refractivity contribution in [3.8, 4) is 0 Å². The summed E-state index contributed by atoms with van der Waals surface area (Å²) < 4.78 is 5.68. The fourth-order valence-corrected chi connectivity index (χ4v) is 1.46. The van der Waals surface area contributed by atoms with E-state index in [1.54, 1.807) is 6.92 Å². The van der Waals surface area contributed by atoms with E-state index in [0.29, 0.717) is 6.54 Å². The predicted molar refractivity (Wildman–Crippen MR) is 65.5 cm³/mol. The molecule has 0 aliphatic heterocycles. The Kier molecular flexibility index (Phi) is 6.75. The van der Waals surface area contributed by atoms with Gasteiger partial charge in [-0.15, -0.1) is 0 Å². The Morgan fingerprint density at radius 3 is 2.24 bits per heavy atom. The van der Waals surface area contributed by atoms with Crippen molar-refractivity contribution in [3.63, 3.8) is 0 Å². The van der Waals surface area contributed by atoms with Gasteiger partial charge in [-0.05, 0) is 19.8 Å². The standard InChI is InChI=1S/C11H23N3O3/c1-5-11(6-2,7-12)17-8(3)9(15)14-10(16)13-4/h8H,5-7,12H2,1-4H3,(H2,13,14,15,16). The molecule has 0 heterocycles. The van der Waals surface area contributed by atoms with E-state index in [-0.39, 0.29) is 0 Å². The zero-order valence-electron chi connectivity index (χ0n) is 11.0. The van der Waals surface area contributed by atoms with Crippen LogP contribution in [0.5, 0.6) is 0 Å². The Morgan fingerprint density at radius 2 is 1.88 bits per heavy atom. The lowest BCUT2D eigenvalue weighted by molar-refractivity contribution is -0.144. The summed E-state index contributed by atoms with van der Waals surface area (Å²) in [5, 5.41) is 4.47.